The number of allylic oxidation sites excluding steroid dienone is 2. The van der Waals surface area contributed by atoms with E-state index in [-0.39, 0.29) is 5.97 Å². The molecule has 0 saturated carbocycles. The van der Waals surface area contributed by atoms with Crippen LogP contribution in [0.25, 0.3) is 0 Å². The van der Waals surface area contributed by atoms with E-state index < -0.39 is 26.5 Å². The Hall–Kier alpha value is -0.0344. The summed E-state index contributed by atoms with van der Waals surface area (Å²) >= 11 is -2.86. The molecule has 0 aliphatic rings. The number of carbonyl (C=O) groups is 1. The van der Waals surface area contributed by atoms with E-state index in [0.29, 0.717) is 6.61 Å². The number of unbranched alkanes of at least 4 members (excludes halogenated alkanes) is 3. The van der Waals surface area contributed by atoms with E-state index >= 15 is 0 Å². The summed E-state index contributed by atoms with van der Waals surface area (Å²) in [5, 5.41) is 1.45. The van der Waals surface area contributed by atoms with Gasteiger partial charge >= 0.3 is 176 Å². The number of ether oxygens (including phenoxy) is 1. The Labute approximate surface area is 175 Å². The fourth-order valence-electron chi connectivity index (χ4n) is 4.09. The Kier molecular flexibility index (Phi) is 14.0. The summed E-state index contributed by atoms with van der Waals surface area (Å²) in [5.41, 5.74) is 0. The molecule has 0 amide bonds. The van der Waals surface area contributed by atoms with Gasteiger partial charge < -0.3 is 0 Å². The van der Waals surface area contributed by atoms with Crippen LogP contribution < -0.4 is 0 Å². The number of rotatable bonds is 15. The molecule has 0 unspecified atom stereocenters. The second-order valence-corrected chi connectivity index (χ2v) is 27.0. The Morgan fingerprint density at radius 2 is 1.37 bits per heavy atom. The molecule has 0 heterocycles. The van der Waals surface area contributed by atoms with Crippen molar-refractivity contribution < 1.29 is 9.53 Å². The SMILES string of the molecule is C=CC/C(=[C](/C(=O)OCC)[Sn]([CH2]CCC)([CH2]CCC)[CH2]CCC)[Si](C)(C)C. The van der Waals surface area contributed by atoms with Crippen LogP contribution in [-0.4, -0.2) is 39.0 Å². The van der Waals surface area contributed by atoms with E-state index in [1.54, 1.807) is 0 Å². The minimum absolute atomic E-state index is 0.0379. The Morgan fingerprint density at radius 1 is 0.926 bits per heavy atom. The third-order valence-corrected chi connectivity index (χ3v) is 24.3. The molecule has 158 valence electrons. The predicted molar refractivity (Wildman–Crippen MR) is 127 cm³/mol. The van der Waals surface area contributed by atoms with Gasteiger partial charge in [0, 0.05) is 0 Å². The van der Waals surface area contributed by atoms with Crippen LogP contribution in [0.3, 0.4) is 0 Å². The van der Waals surface area contributed by atoms with Gasteiger partial charge in [0.25, 0.3) is 0 Å². The summed E-state index contributed by atoms with van der Waals surface area (Å²) in [5.74, 6) is 0.0379. The Morgan fingerprint density at radius 3 is 1.67 bits per heavy atom. The van der Waals surface area contributed by atoms with Crippen molar-refractivity contribution in [2.45, 2.75) is 106 Å². The van der Waals surface area contributed by atoms with Crippen LogP contribution >= 0.6 is 0 Å². The van der Waals surface area contributed by atoms with E-state index in [9.17, 15) is 4.79 Å². The van der Waals surface area contributed by atoms with Crippen LogP contribution in [0.15, 0.2) is 21.4 Å². The average molecular weight is 501 g/mol. The third-order valence-electron chi connectivity index (χ3n) is 5.59. The van der Waals surface area contributed by atoms with Crippen molar-refractivity contribution in [2.24, 2.45) is 0 Å². The zero-order valence-corrected chi connectivity index (χ0v) is 23.2. The van der Waals surface area contributed by atoms with Gasteiger partial charge in [-0.25, -0.2) is 0 Å². The number of esters is 1. The van der Waals surface area contributed by atoms with Crippen molar-refractivity contribution >= 4 is 32.4 Å². The average Bonchev–Trinajstić information content (AvgIpc) is 2.61. The van der Waals surface area contributed by atoms with E-state index in [2.05, 4.69) is 47.0 Å². The van der Waals surface area contributed by atoms with Gasteiger partial charge in [-0.15, -0.1) is 0 Å². The van der Waals surface area contributed by atoms with Crippen molar-refractivity contribution in [3.63, 3.8) is 0 Å². The van der Waals surface area contributed by atoms with Crippen LogP contribution in [0.5, 0.6) is 0 Å². The van der Waals surface area contributed by atoms with Crippen LogP contribution in [0.1, 0.15) is 72.6 Å². The molecule has 0 bridgehead atoms. The summed E-state index contributed by atoms with van der Waals surface area (Å²) in [6.45, 7) is 20.5. The third kappa shape index (κ3) is 8.89. The summed E-state index contributed by atoms with van der Waals surface area (Å²) in [6.07, 6.45) is 10.3. The van der Waals surface area contributed by atoms with Crippen LogP contribution in [-0.2, 0) is 9.53 Å². The molecule has 0 saturated heterocycles. The maximum absolute atomic E-state index is 13.4. The molecule has 0 rings (SSSR count). The second kappa shape index (κ2) is 14.0. The van der Waals surface area contributed by atoms with Gasteiger partial charge in [0.05, 0.1) is 0 Å². The number of carbonyl (C=O) groups excluding carboxylic acids is 1. The van der Waals surface area contributed by atoms with Gasteiger partial charge in [0.1, 0.15) is 0 Å². The van der Waals surface area contributed by atoms with Gasteiger partial charge in [-0.3, -0.25) is 0 Å². The van der Waals surface area contributed by atoms with E-state index in [1.807, 2.05) is 13.0 Å². The van der Waals surface area contributed by atoms with Gasteiger partial charge in [-0.05, 0) is 0 Å². The molecule has 0 spiro atoms. The first-order chi connectivity index (χ1) is 12.7. The van der Waals surface area contributed by atoms with Crippen LogP contribution in [0.4, 0.5) is 0 Å². The quantitative estimate of drug-likeness (QED) is 0.0996. The molecule has 0 aromatic carbocycles. The predicted octanol–water partition coefficient (Wildman–Crippen LogP) is 7.69. The summed E-state index contributed by atoms with van der Waals surface area (Å²) < 4.78 is 10.9. The molecule has 0 N–H and O–H groups in total. The molecule has 0 radical (unpaired) electrons. The molecule has 2 nitrogen and oxygen atoms in total. The second-order valence-electron chi connectivity index (χ2n) is 8.91. The van der Waals surface area contributed by atoms with Crippen molar-refractivity contribution in [2.75, 3.05) is 6.61 Å². The normalized spacial score (nSPS) is 13.3. The van der Waals surface area contributed by atoms with Gasteiger partial charge in [-0.2, -0.15) is 0 Å². The molecule has 0 aliphatic heterocycles. The van der Waals surface area contributed by atoms with Gasteiger partial charge in [-0.1, -0.05) is 0 Å². The zero-order valence-electron chi connectivity index (χ0n) is 19.4. The number of hydrogen-bond acceptors (Lipinski definition) is 2. The minimum atomic E-state index is -2.86. The first-order valence-electron chi connectivity index (χ1n) is 11.3. The monoisotopic (exact) mass is 502 g/mol. The topological polar surface area (TPSA) is 26.3 Å². The van der Waals surface area contributed by atoms with E-state index in [0.717, 1.165) is 6.42 Å². The molecular weight excluding hydrogens is 455 g/mol. The van der Waals surface area contributed by atoms with E-state index in [4.69, 9.17) is 4.74 Å². The molecular formula is C23H46O2SiSn. The van der Waals surface area contributed by atoms with Crippen LogP contribution in [0, 0.1) is 0 Å². The standard InChI is InChI=1S/C11H19O2Si.3C4H9.Sn/c1-6-8-10(14(3,4)5)9-11(12)13-7-2;3*1-3-4-2;/h6H,1,7-8H2,2-5H3;3*1,3-4H2,2H3;. The summed E-state index contributed by atoms with van der Waals surface area (Å²) in [4.78, 5) is 13.4. The fraction of sp³-hybridized carbons (Fsp3) is 0.783. The van der Waals surface area contributed by atoms with Gasteiger partial charge in [0.2, 0.25) is 0 Å². The molecule has 27 heavy (non-hydrogen) atoms. The fourth-order valence-corrected chi connectivity index (χ4v) is 27.3. The summed E-state index contributed by atoms with van der Waals surface area (Å²) in [7, 11) is -1.63. The Bertz CT molecular complexity index is 455. The van der Waals surface area contributed by atoms with Crippen LogP contribution in [0.2, 0.25) is 33.0 Å². The zero-order chi connectivity index (χ0) is 20.9. The van der Waals surface area contributed by atoms with E-state index in [1.165, 1.54) is 60.6 Å². The first kappa shape index (κ1) is 27.0. The van der Waals surface area contributed by atoms with Crippen molar-refractivity contribution in [3.05, 3.63) is 21.4 Å². The molecule has 0 fully saturated rings. The van der Waals surface area contributed by atoms with Crippen molar-refractivity contribution in [1.82, 2.24) is 0 Å². The Balaban J connectivity index is 6.66. The van der Waals surface area contributed by atoms with Crippen molar-refractivity contribution in [3.8, 4) is 0 Å². The molecule has 0 aromatic rings. The molecule has 0 aliphatic carbocycles. The summed E-state index contributed by atoms with van der Waals surface area (Å²) in [6, 6.07) is 0. The van der Waals surface area contributed by atoms with Gasteiger partial charge in [0.15, 0.2) is 0 Å². The first-order valence-corrected chi connectivity index (χ1v) is 22.2. The molecule has 0 aromatic heterocycles. The number of hydrogen-bond donors (Lipinski definition) is 0. The molecule has 0 atom stereocenters. The molecule has 4 heteroatoms. The van der Waals surface area contributed by atoms with Crippen molar-refractivity contribution in [1.29, 1.82) is 0 Å². The maximum atomic E-state index is 13.4.